The van der Waals surface area contributed by atoms with Crippen molar-refractivity contribution in [3.05, 3.63) is 71.8 Å². The van der Waals surface area contributed by atoms with Crippen LogP contribution < -0.4 is 0 Å². The Hall–Kier alpha value is -1.93. The highest BCUT2D eigenvalue weighted by atomic mass is 16.3. The molecule has 2 aromatic rings. The lowest BCUT2D eigenvalue weighted by Gasteiger charge is -2.25. The molecule has 0 radical (unpaired) electrons. The molecule has 0 saturated heterocycles. The van der Waals surface area contributed by atoms with Crippen LogP contribution in [0.25, 0.3) is 0 Å². The predicted octanol–water partition coefficient (Wildman–Crippen LogP) is 3.83. The molecule has 1 aliphatic carbocycles. The highest BCUT2D eigenvalue weighted by Gasteiger charge is 2.23. The van der Waals surface area contributed by atoms with E-state index in [2.05, 4.69) is 24.3 Å². The van der Waals surface area contributed by atoms with Gasteiger partial charge in [-0.1, -0.05) is 73.5 Å². The first-order valence-electron chi connectivity index (χ1n) is 7.71. The molecular formula is C19H21NO. The van der Waals surface area contributed by atoms with Gasteiger partial charge in [0.05, 0.1) is 17.9 Å². The second kappa shape index (κ2) is 6.68. The van der Waals surface area contributed by atoms with Gasteiger partial charge in [-0.05, 0) is 12.8 Å². The molecule has 0 bridgehead atoms. The van der Waals surface area contributed by atoms with Crippen LogP contribution in [0, 0.1) is 0 Å². The zero-order valence-corrected chi connectivity index (χ0v) is 12.2. The Labute approximate surface area is 126 Å². The van der Waals surface area contributed by atoms with Gasteiger partial charge in [-0.3, -0.25) is 4.99 Å². The fourth-order valence-electron chi connectivity index (χ4n) is 2.92. The van der Waals surface area contributed by atoms with Gasteiger partial charge in [0, 0.05) is 11.1 Å². The molecule has 1 aliphatic rings. The van der Waals surface area contributed by atoms with Crippen molar-refractivity contribution in [3.63, 3.8) is 0 Å². The predicted molar refractivity (Wildman–Crippen MR) is 86.8 cm³/mol. The third kappa shape index (κ3) is 3.40. The molecule has 0 aliphatic heterocycles. The van der Waals surface area contributed by atoms with E-state index < -0.39 is 0 Å². The molecule has 0 heterocycles. The fraction of sp³-hybridized carbons (Fsp3) is 0.316. The van der Waals surface area contributed by atoms with E-state index in [0.29, 0.717) is 0 Å². The summed E-state index contributed by atoms with van der Waals surface area (Å²) in [5.41, 5.74) is 3.21. The molecule has 0 spiro atoms. The minimum atomic E-state index is -0.304. The van der Waals surface area contributed by atoms with E-state index in [-0.39, 0.29) is 12.1 Å². The zero-order chi connectivity index (χ0) is 14.5. The smallest absolute Gasteiger partial charge is 0.0766 e. The van der Waals surface area contributed by atoms with Gasteiger partial charge in [0.25, 0.3) is 0 Å². The Morgan fingerprint density at radius 3 is 1.86 bits per heavy atom. The van der Waals surface area contributed by atoms with E-state index >= 15 is 0 Å². The van der Waals surface area contributed by atoms with Crippen molar-refractivity contribution in [2.45, 2.75) is 37.8 Å². The SMILES string of the molecule is O[C@H]1CCCC[C@@H]1N=C(c1ccccc1)c1ccccc1. The largest absolute Gasteiger partial charge is 0.391 e. The van der Waals surface area contributed by atoms with Crippen molar-refractivity contribution in [3.8, 4) is 0 Å². The van der Waals surface area contributed by atoms with Gasteiger partial charge in [0.2, 0.25) is 0 Å². The topological polar surface area (TPSA) is 32.6 Å². The molecule has 2 heteroatoms. The molecule has 2 nitrogen and oxygen atoms in total. The summed E-state index contributed by atoms with van der Waals surface area (Å²) in [5, 5.41) is 10.2. The van der Waals surface area contributed by atoms with Crippen molar-refractivity contribution < 1.29 is 5.11 Å². The minimum Gasteiger partial charge on any atom is -0.391 e. The Morgan fingerprint density at radius 2 is 1.33 bits per heavy atom. The molecule has 1 fully saturated rings. The van der Waals surface area contributed by atoms with Crippen molar-refractivity contribution in [1.29, 1.82) is 0 Å². The van der Waals surface area contributed by atoms with Gasteiger partial charge < -0.3 is 5.11 Å². The van der Waals surface area contributed by atoms with Crippen molar-refractivity contribution >= 4 is 5.71 Å². The molecule has 108 valence electrons. The van der Waals surface area contributed by atoms with Crippen molar-refractivity contribution in [2.24, 2.45) is 4.99 Å². The summed E-state index contributed by atoms with van der Waals surface area (Å²) in [6, 6.07) is 20.5. The lowest BCUT2D eigenvalue weighted by Crippen LogP contribution is -2.29. The second-order valence-electron chi connectivity index (χ2n) is 5.63. The van der Waals surface area contributed by atoms with E-state index in [4.69, 9.17) is 4.99 Å². The van der Waals surface area contributed by atoms with Crippen LogP contribution in [0.2, 0.25) is 0 Å². The summed E-state index contributed by atoms with van der Waals surface area (Å²) in [4.78, 5) is 4.92. The van der Waals surface area contributed by atoms with Gasteiger partial charge in [-0.15, -0.1) is 0 Å². The minimum absolute atomic E-state index is 0.0224. The normalized spacial score (nSPS) is 21.8. The van der Waals surface area contributed by atoms with Crippen LogP contribution in [0.1, 0.15) is 36.8 Å². The molecule has 3 rings (SSSR count). The van der Waals surface area contributed by atoms with E-state index in [9.17, 15) is 5.11 Å². The molecule has 0 unspecified atom stereocenters. The highest BCUT2D eigenvalue weighted by molar-refractivity contribution is 6.12. The summed E-state index contributed by atoms with van der Waals surface area (Å²) >= 11 is 0. The van der Waals surface area contributed by atoms with Crippen LogP contribution in [0.15, 0.2) is 65.7 Å². The highest BCUT2D eigenvalue weighted by Crippen LogP contribution is 2.23. The number of aliphatic hydroxyl groups excluding tert-OH is 1. The third-order valence-electron chi connectivity index (χ3n) is 4.08. The first-order valence-corrected chi connectivity index (χ1v) is 7.71. The average Bonchev–Trinajstić information content (AvgIpc) is 2.56. The van der Waals surface area contributed by atoms with Gasteiger partial charge >= 0.3 is 0 Å². The summed E-state index contributed by atoms with van der Waals surface area (Å²) < 4.78 is 0. The second-order valence-corrected chi connectivity index (χ2v) is 5.63. The molecule has 0 amide bonds. The molecule has 1 N–H and O–H groups in total. The zero-order valence-electron chi connectivity index (χ0n) is 12.2. The van der Waals surface area contributed by atoms with Crippen LogP contribution in [0.3, 0.4) is 0 Å². The van der Waals surface area contributed by atoms with Gasteiger partial charge in [0.1, 0.15) is 0 Å². The summed E-state index contributed by atoms with van der Waals surface area (Å²) in [6.07, 6.45) is 3.80. The summed E-state index contributed by atoms with van der Waals surface area (Å²) in [6.45, 7) is 0. The Bertz CT molecular complexity index is 550. The van der Waals surface area contributed by atoms with Crippen LogP contribution in [0.4, 0.5) is 0 Å². The maximum Gasteiger partial charge on any atom is 0.0766 e. The molecule has 2 aromatic carbocycles. The van der Waals surface area contributed by atoms with Crippen LogP contribution in [0.5, 0.6) is 0 Å². The Balaban J connectivity index is 2.00. The van der Waals surface area contributed by atoms with Crippen molar-refractivity contribution in [1.82, 2.24) is 0 Å². The fourth-order valence-corrected chi connectivity index (χ4v) is 2.92. The quantitative estimate of drug-likeness (QED) is 0.851. The number of hydrogen-bond acceptors (Lipinski definition) is 2. The molecule has 2 atom stereocenters. The van der Waals surface area contributed by atoms with Gasteiger partial charge in [-0.25, -0.2) is 0 Å². The number of benzene rings is 2. The maximum absolute atomic E-state index is 10.2. The standard InChI is InChI=1S/C19H21NO/c21-18-14-8-7-13-17(18)20-19(15-9-3-1-4-10-15)16-11-5-2-6-12-16/h1-6,9-12,17-18,21H,7-8,13-14H2/t17-,18-/m0/s1. The van der Waals surface area contributed by atoms with Crippen LogP contribution >= 0.6 is 0 Å². The number of aliphatic hydroxyl groups is 1. The third-order valence-corrected chi connectivity index (χ3v) is 4.08. The first-order chi connectivity index (χ1) is 10.3. The maximum atomic E-state index is 10.2. The molecular weight excluding hydrogens is 258 g/mol. The van der Waals surface area contributed by atoms with Gasteiger partial charge in [0.15, 0.2) is 0 Å². The molecule has 0 aromatic heterocycles. The van der Waals surface area contributed by atoms with Crippen LogP contribution in [-0.2, 0) is 0 Å². The monoisotopic (exact) mass is 279 g/mol. The number of nitrogens with zero attached hydrogens (tertiary/aromatic N) is 1. The van der Waals surface area contributed by atoms with Crippen molar-refractivity contribution in [2.75, 3.05) is 0 Å². The van der Waals surface area contributed by atoms with E-state index in [1.165, 1.54) is 0 Å². The summed E-state index contributed by atoms with van der Waals surface area (Å²) in [7, 11) is 0. The Morgan fingerprint density at radius 1 is 0.810 bits per heavy atom. The van der Waals surface area contributed by atoms with E-state index in [0.717, 1.165) is 42.5 Å². The number of rotatable bonds is 3. The number of aliphatic imine (C=N–C) groups is 1. The number of hydrogen-bond donors (Lipinski definition) is 1. The van der Waals surface area contributed by atoms with Crippen LogP contribution in [-0.4, -0.2) is 23.0 Å². The Kier molecular flexibility index (Phi) is 4.46. The molecule has 1 saturated carbocycles. The van der Waals surface area contributed by atoms with E-state index in [1.807, 2.05) is 36.4 Å². The van der Waals surface area contributed by atoms with E-state index in [1.54, 1.807) is 0 Å². The average molecular weight is 279 g/mol. The first kappa shape index (κ1) is 14.0. The summed E-state index contributed by atoms with van der Waals surface area (Å²) in [5.74, 6) is 0. The molecule has 21 heavy (non-hydrogen) atoms. The lowest BCUT2D eigenvalue weighted by molar-refractivity contribution is 0.109. The van der Waals surface area contributed by atoms with Gasteiger partial charge in [-0.2, -0.15) is 0 Å². The lowest BCUT2D eigenvalue weighted by atomic mass is 9.92.